The molecule has 84 valence electrons. The highest BCUT2D eigenvalue weighted by atomic mass is 14.3. The predicted octanol–water partition coefficient (Wildman–Crippen LogP) is 4.74. The van der Waals surface area contributed by atoms with Crippen molar-refractivity contribution in [2.45, 2.75) is 60.3 Å². The molecule has 0 radical (unpaired) electrons. The summed E-state index contributed by atoms with van der Waals surface area (Å²) in [5.74, 6) is 4.79. The largest absolute Gasteiger partial charge is 0.0625 e. The van der Waals surface area contributed by atoms with Gasteiger partial charge in [-0.15, -0.1) is 0 Å². The van der Waals surface area contributed by atoms with Crippen LogP contribution in [-0.2, 0) is 0 Å². The number of hydrogen-bond donors (Lipinski definition) is 0. The van der Waals surface area contributed by atoms with Gasteiger partial charge in [0.05, 0.1) is 0 Å². The Kier molecular flexibility index (Phi) is 4.47. The zero-order valence-electron chi connectivity index (χ0n) is 10.7. The summed E-state index contributed by atoms with van der Waals surface area (Å²) in [5, 5.41) is 0. The Morgan fingerprint density at radius 2 is 1.50 bits per heavy atom. The van der Waals surface area contributed by atoms with Crippen LogP contribution in [0.25, 0.3) is 0 Å². The molecule has 1 aliphatic rings. The van der Waals surface area contributed by atoms with Gasteiger partial charge in [0.15, 0.2) is 0 Å². The Morgan fingerprint density at radius 3 is 1.93 bits per heavy atom. The van der Waals surface area contributed by atoms with Crippen molar-refractivity contribution in [1.29, 1.82) is 0 Å². The van der Waals surface area contributed by atoms with Crippen molar-refractivity contribution in [2.75, 3.05) is 0 Å². The molecule has 1 fully saturated rings. The average molecular weight is 196 g/mol. The third kappa shape index (κ3) is 3.29. The van der Waals surface area contributed by atoms with E-state index in [0.717, 1.165) is 29.6 Å². The number of rotatable bonds is 4. The van der Waals surface area contributed by atoms with Gasteiger partial charge in [-0.05, 0) is 42.4 Å². The van der Waals surface area contributed by atoms with Crippen molar-refractivity contribution >= 4 is 0 Å². The summed E-state index contributed by atoms with van der Waals surface area (Å²) >= 11 is 0. The van der Waals surface area contributed by atoms with E-state index in [2.05, 4.69) is 34.6 Å². The Balaban J connectivity index is 2.20. The monoisotopic (exact) mass is 196 g/mol. The van der Waals surface area contributed by atoms with Crippen LogP contribution in [-0.4, -0.2) is 0 Å². The van der Waals surface area contributed by atoms with Crippen LogP contribution >= 0.6 is 0 Å². The first kappa shape index (κ1) is 12.1. The minimum Gasteiger partial charge on any atom is -0.0625 e. The second kappa shape index (κ2) is 5.19. The van der Waals surface area contributed by atoms with Crippen LogP contribution in [0.4, 0.5) is 0 Å². The molecule has 0 heterocycles. The fraction of sp³-hybridized carbons (Fsp3) is 1.00. The van der Waals surface area contributed by atoms with E-state index < -0.39 is 0 Å². The molecule has 0 nitrogen and oxygen atoms in total. The van der Waals surface area contributed by atoms with Gasteiger partial charge < -0.3 is 0 Å². The lowest BCUT2D eigenvalue weighted by atomic mass is 9.88. The minimum atomic E-state index is 0.867. The first-order valence-corrected chi connectivity index (χ1v) is 6.50. The van der Waals surface area contributed by atoms with Crippen LogP contribution in [0.5, 0.6) is 0 Å². The molecule has 3 atom stereocenters. The van der Waals surface area contributed by atoms with Crippen LogP contribution in [0.2, 0.25) is 0 Å². The SMILES string of the molecule is CC(C)C(C)CCC1CC(C)C(C)C1. The lowest BCUT2D eigenvalue weighted by Gasteiger charge is -2.17. The van der Waals surface area contributed by atoms with Crippen molar-refractivity contribution in [3.05, 3.63) is 0 Å². The highest BCUT2D eigenvalue weighted by molar-refractivity contribution is 4.78. The third-order valence-corrected chi connectivity index (χ3v) is 4.55. The molecule has 0 saturated heterocycles. The first-order chi connectivity index (χ1) is 6.50. The quantitative estimate of drug-likeness (QED) is 0.609. The molecule has 0 heteroatoms. The van der Waals surface area contributed by atoms with Gasteiger partial charge in [-0.1, -0.05) is 47.5 Å². The van der Waals surface area contributed by atoms with Crippen molar-refractivity contribution in [1.82, 2.24) is 0 Å². The molecule has 1 aliphatic carbocycles. The van der Waals surface area contributed by atoms with Crippen LogP contribution in [0.1, 0.15) is 60.3 Å². The molecule has 0 amide bonds. The zero-order valence-corrected chi connectivity index (χ0v) is 10.7. The second-order valence-electron chi connectivity index (χ2n) is 6.09. The molecular weight excluding hydrogens is 168 g/mol. The lowest BCUT2D eigenvalue weighted by Crippen LogP contribution is -2.06. The maximum atomic E-state index is 2.43. The molecule has 0 N–H and O–H groups in total. The summed E-state index contributed by atoms with van der Waals surface area (Å²) in [7, 11) is 0. The van der Waals surface area contributed by atoms with Gasteiger partial charge in [0.2, 0.25) is 0 Å². The second-order valence-corrected chi connectivity index (χ2v) is 6.09. The fourth-order valence-electron chi connectivity index (χ4n) is 2.68. The molecule has 3 unspecified atom stereocenters. The first-order valence-electron chi connectivity index (χ1n) is 6.50. The predicted molar refractivity (Wildman–Crippen MR) is 64.3 cm³/mol. The van der Waals surface area contributed by atoms with Crippen molar-refractivity contribution in [3.8, 4) is 0 Å². The van der Waals surface area contributed by atoms with Gasteiger partial charge in [-0.3, -0.25) is 0 Å². The van der Waals surface area contributed by atoms with E-state index in [0.29, 0.717) is 0 Å². The Hall–Kier alpha value is 0. The topological polar surface area (TPSA) is 0 Å². The van der Waals surface area contributed by atoms with Gasteiger partial charge in [-0.25, -0.2) is 0 Å². The lowest BCUT2D eigenvalue weighted by molar-refractivity contribution is 0.340. The molecular formula is C14H28. The molecule has 0 aromatic carbocycles. The molecule has 1 saturated carbocycles. The van der Waals surface area contributed by atoms with Crippen molar-refractivity contribution in [3.63, 3.8) is 0 Å². The summed E-state index contributed by atoms with van der Waals surface area (Å²) in [6.45, 7) is 12.0. The Bertz CT molecular complexity index is 149. The van der Waals surface area contributed by atoms with E-state index in [9.17, 15) is 0 Å². The molecule has 1 rings (SSSR count). The summed E-state index contributed by atoms with van der Waals surface area (Å²) in [5.41, 5.74) is 0. The smallest absolute Gasteiger partial charge is 0.0409 e. The highest BCUT2D eigenvalue weighted by Crippen LogP contribution is 2.38. The van der Waals surface area contributed by atoms with Gasteiger partial charge in [0.1, 0.15) is 0 Å². The van der Waals surface area contributed by atoms with Crippen molar-refractivity contribution < 1.29 is 0 Å². The average Bonchev–Trinajstić information content (AvgIpc) is 2.42. The van der Waals surface area contributed by atoms with E-state index in [1.54, 1.807) is 0 Å². The van der Waals surface area contributed by atoms with Gasteiger partial charge in [0.25, 0.3) is 0 Å². The van der Waals surface area contributed by atoms with E-state index in [4.69, 9.17) is 0 Å². The molecule has 14 heavy (non-hydrogen) atoms. The standard InChI is InChI=1S/C14H28/c1-10(2)11(3)6-7-14-8-12(4)13(5)9-14/h10-14H,6-9H2,1-5H3. The van der Waals surface area contributed by atoms with Crippen molar-refractivity contribution in [2.24, 2.45) is 29.6 Å². The third-order valence-electron chi connectivity index (χ3n) is 4.55. The highest BCUT2D eigenvalue weighted by Gasteiger charge is 2.27. The maximum Gasteiger partial charge on any atom is -0.0409 e. The van der Waals surface area contributed by atoms with E-state index >= 15 is 0 Å². The van der Waals surface area contributed by atoms with E-state index in [-0.39, 0.29) is 0 Å². The Labute approximate surface area is 90.5 Å². The van der Waals surface area contributed by atoms with E-state index in [1.807, 2.05) is 0 Å². The minimum absolute atomic E-state index is 0.867. The molecule has 0 aromatic heterocycles. The molecule has 0 aliphatic heterocycles. The van der Waals surface area contributed by atoms with Gasteiger partial charge >= 0.3 is 0 Å². The van der Waals surface area contributed by atoms with Crippen LogP contribution < -0.4 is 0 Å². The maximum absolute atomic E-state index is 2.43. The van der Waals surface area contributed by atoms with Crippen LogP contribution in [0.15, 0.2) is 0 Å². The fourth-order valence-corrected chi connectivity index (χ4v) is 2.68. The van der Waals surface area contributed by atoms with E-state index in [1.165, 1.54) is 25.7 Å². The van der Waals surface area contributed by atoms with Gasteiger partial charge in [-0.2, -0.15) is 0 Å². The zero-order chi connectivity index (χ0) is 10.7. The summed E-state index contributed by atoms with van der Waals surface area (Å²) in [4.78, 5) is 0. The van der Waals surface area contributed by atoms with Gasteiger partial charge in [0, 0.05) is 0 Å². The molecule has 0 bridgehead atoms. The summed E-state index contributed by atoms with van der Waals surface area (Å²) < 4.78 is 0. The van der Waals surface area contributed by atoms with Crippen LogP contribution in [0.3, 0.4) is 0 Å². The summed E-state index contributed by atoms with van der Waals surface area (Å²) in [6.07, 6.45) is 5.91. The molecule has 0 aromatic rings. The summed E-state index contributed by atoms with van der Waals surface area (Å²) in [6, 6.07) is 0. The molecule has 0 spiro atoms. The normalized spacial score (nSPS) is 35.1. The number of hydrogen-bond acceptors (Lipinski definition) is 0. The van der Waals surface area contributed by atoms with Crippen LogP contribution in [0, 0.1) is 29.6 Å². The Morgan fingerprint density at radius 1 is 1.00 bits per heavy atom.